The van der Waals surface area contributed by atoms with E-state index < -0.39 is 0 Å². The molecule has 28 heavy (non-hydrogen) atoms. The predicted octanol–water partition coefficient (Wildman–Crippen LogP) is 3.19. The monoisotopic (exact) mass is 376 g/mol. The molecule has 1 fully saturated rings. The first kappa shape index (κ1) is 16.8. The van der Waals surface area contributed by atoms with E-state index in [1.807, 2.05) is 48.5 Å². The highest BCUT2D eigenvalue weighted by molar-refractivity contribution is 6.03. The summed E-state index contributed by atoms with van der Waals surface area (Å²) >= 11 is 0. The Balaban J connectivity index is 1.55. The normalized spacial score (nSPS) is 15.3. The summed E-state index contributed by atoms with van der Waals surface area (Å²) in [6.45, 7) is 1.04. The van der Waals surface area contributed by atoms with Gasteiger partial charge in [0.15, 0.2) is 17.3 Å². The van der Waals surface area contributed by atoms with Crippen LogP contribution in [0.25, 0.3) is 5.69 Å². The number of carbonyl (C=O) groups excluding carboxylic acids is 1. The average Bonchev–Trinajstić information content (AvgIpc) is 3.51. The summed E-state index contributed by atoms with van der Waals surface area (Å²) in [6, 6.07) is 15.1. The topological polar surface area (TPSA) is 69.5 Å². The van der Waals surface area contributed by atoms with Gasteiger partial charge in [-0.25, -0.2) is 9.67 Å². The van der Waals surface area contributed by atoms with E-state index in [4.69, 9.17) is 9.47 Å². The first-order valence-corrected chi connectivity index (χ1v) is 9.41. The molecule has 0 spiro atoms. The molecule has 0 saturated heterocycles. The number of aromatic nitrogens is 3. The molecule has 1 saturated carbocycles. The van der Waals surface area contributed by atoms with Gasteiger partial charge in [0.2, 0.25) is 5.82 Å². The first-order valence-electron chi connectivity index (χ1n) is 9.41. The van der Waals surface area contributed by atoms with Crippen LogP contribution in [0.3, 0.4) is 0 Å². The Morgan fingerprint density at radius 2 is 1.82 bits per heavy atom. The number of fused-ring (bicyclic) bond motifs is 1. The van der Waals surface area contributed by atoms with Crippen LogP contribution in [0.2, 0.25) is 0 Å². The summed E-state index contributed by atoms with van der Waals surface area (Å²) in [6.07, 6.45) is 2.13. The van der Waals surface area contributed by atoms with Gasteiger partial charge in [-0.3, -0.25) is 4.79 Å². The maximum Gasteiger partial charge on any atom is 0.295 e. The van der Waals surface area contributed by atoms with Crippen molar-refractivity contribution in [3.8, 4) is 17.2 Å². The van der Waals surface area contributed by atoms with Gasteiger partial charge in [0.25, 0.3) is 5.91 Å². The minimum atomic E-state index is -0.208. The maximum atomic E-state index is 13.2. The van der Waals surface area contributed by atoms with Crippen LogP contribution in [0.1, 0.15) is 35.2 Å². The molecular weight excluding hydrogens is 356 g/mol. The lowest BCUT2D eigenvalue weighted by atomic mass is 10.2. The van der Waals surface area contributed by atoms with Crippen molar-refractivity contribution >= 4 is 11.6 Å². The van der Waals surface area contributed by atoms with Crippen LogP contribution >= 0.6 is 0 Å². The molecular formula is C21H20N4O3. The summed E-state index contributed by atoms with van der Waals surface area (Å²) in [4.78, 5) is 19.4. The van der Waals surface area contributed by atoms with Crippen molar-refractivity contribution in [1.29, 1.82) is 0 Å². The number of hydrogen-bond donors (Lipinski definition) is 0. The van der Waals surface area contributed by atoms with Gasteiger partial charge in [0, 0.05) is 24.7 Å². The van der Waals surface area contributed by atoms with Gasteiger partial charge in [-0.1, -0.05) is 18.2 Å². The molecule has 1 aromatic heterocycles. The SMILES string of the molecule is CN(C(=O)c1nc(C2CC2)nn1-c1ccc2c(c1)OCCO2)c1ccccc1. The highest BCUT2D eigenvalue weighted by Gasteiger charge is 2.32. The Morgan fingerprint density at radius 3 is 2.57 bits per heavy atom. The van der Waals surface area contributed by atoms with Crippen LogP contribution in [-0.2, 0) is 0 Å². The standard InChI is InChI=1S/C21H20N4O3/c1-24(15-5-3-2-4-6-15)21(26)20-22-19(14-7-8-14)23-25(20)16-9-10-17-18(13-16)28-12-11-27-17/h2-6,9-10,13-14H,7-8,11-12H2,1H3. The van der Waals surface area contributed by atoms with Crippen molar-refractivity contribution in [1.82, 2.24) is 14.8 Å². The summed E-state index contributed by atoms with van der Waals surface area (Å²) in [7, 11) is 1.75. The number of nitrogens with zero attached hydrogens (tertiary/aromatic N) is 4. The fraction of sp³-hybridized carbons (Fsp3) is 0.286. The molecule has 2 heterocycles. The van der Waals surface area contributed by atoms with Gasteiger partial charge >= 0.3 is 0 Å². The second-order valence-electron chi connectivity index (χ2n) is 7.01. The molecule has 7 nitrogen and oxygen atoms in total. The minimum absolute atomic E-state index is 0.208. The molecule has 2 aliphatic rings. The van der Waals surface area contributed by atoms with Crippen LogP contribution < -0.4 is 14.4 Å². The smallest absolute Gasteiger partial charge is 0.295 e. The summed E-state index contributed by atoms with van der Waals surface area (Å²) in [5.74, 6) is 2.51. The second kappa shape index (κ2) is 6.67. The van der Waals surface area contributed by atoms with E-state index in [0.717, 1.165) is 30.0 Å². The third-order valence-corrected chi connectivity index (χ3v) is 4.98. The average molecular weight is 376 g/mol. The van der Waals surface area contributed by atoms with Gasteiger partial charge in [0.1, 0.15) is 13.2 Å². The predicted molar refractivity (Wildman–Crippen MR) is 103 cm³/mol. The number of carbonyl (C=O) groups is 1. The van der Waals surface area contributed by atoms with Gasteiger partial charge in [-0.15, -0.1) is 0 Å². The van der Waals surface area contributed by atoms with Crippen LogP contribution in [0.4, 0.5) is 5.69 Å². The maximum absolute atomic E-state index is 13.2. The van der Waals surface area contributed by atoms with Crippen molar-refractivity contribution in [3.63, 3.8) is 0 Å². The molecule has 0 atom stereocenters. The Kier molecular flexibility index (Phi) is 4.00. The molecule has 0 unspecified atom stereocenters. The summed E-state index contributed by atoms with van der Waals surface area (Å²) in [5, 5.41) is 4.65. The third-order valence-electron chi connectivity index (χ3n) is 4.98. The molecule has 1 amide bonds. The van der Waals surface area contributed by atoms with E-state index in [1.54, 1.807) is 16.6 Å². The van der Waals surface area contributed by atoms with E-state index in [-0.39, 0.29) is 5.91 Å². The zero-order valence-electron chi connectivity index (χ0n) is 15.5. The van der Waals surface area contributed by atoms with Crippen LogP contribution in [0.5, 0.6) is 11.5 Å². The quantitative estimate of drug-likeness (QED) is 0.699. The lowest BCUT2D eigenvalue weighted by Crippen LogP contribution is -2.29. The molecule has 1 aliphatic heterocycles. The zero-order valence-corrected chi connectivity index (χ0v) is 15.5. The molecule has 0 bridgehead atoms. The van der Waals surface area contributed by atoms with E-state index in [1.165, 1.54) is 0 Å². The molecule has 142 valence electrons. The Bertz CT molecular complexity index is 1030. The van der Waals surface area contributed by atoms with E-state index >= 15 is 0 Å². The van der Waals surface area contributed by atoms with E-state index in [9.17, 15) is 4.79 Å². The molecule has 2 aromatic carbocycles. The molecule has 0 radical (unpaired) electrons. The Morgan fingerprint density at radius 1 is 1.07 bits per heavy atom. The Labute approximate surface area is 162 Å². The fourth-order valence-electron chi connectivity index (χ4n) is 3.24. The number of anilines is 1. The first-order chi connectivity index (χ1) is 13.7. The number of rotatable bonds is 4. The lowest BCUT2D eigenvalue weighted by molar-refractivity contribution is 0.0980. The Hall–Kier alpha value is -3.35. The van der Waals surface area contributed by atoms with Crippen molar-refractivity contribution in [2.45, 2.75) is 18.8 Å². The minimum Gasteiger partial charge on any atom is -0.486 e. The zero-order chi connectivity index (χ0) is 19.1. The van der Waals surface area contributed by atoms with E-state index in [0.29, 0.717) is 36.5 Å². The molecule has 3 aromatic rings. The highest BCUT2D eigenvalue weighted by atomic mass is 16.6. The van der Waals surface area contributed by atoms with Gasteiger partial charge in [-0.05, 0) is 37.1 Å². The van der Waals surface area contributed by atoms with Gasteiger partial charge in [0.05, 0.1) is 5.69 Å². The van der Waals surface area contributed by atoms with Crippen molar-refractivity contribution < 1.29 is 14.3 Å². The fourth-order valence-corrected chi connectivity index (χ4v) is 3.24. The second-order valence-corrected chi connectivity index (χ2v) is 7.01. The molecule has 7 heteroatoms. The van der Waals surface area contributed by atoms with Gasteiger partial charge in [-0.2, -0.15) is 5.10 Å². The van der Waals surface area contributed by atoms with Crippen LogP contribution in [0.15, 0.2) is 48.5 Å². The highest BCUT2D eigenvalue weighted by Crippen LogP contribution is 2.39. The van der Waals surface area contributed by atoms with Crippen LogP contribution in [-0.4, -0.2) is 40.9 Å². The number of para-hydroxylation sites is 1. The number of amides is 1. The van der Waals surface area contributed by atoms with Crippen molar-refractivity contribution in [3.05, 3.63) is 60.2 Å². The largest absolute Gasteiger partial charge is 0.486 e. The van der Waals surface area contributed by atoms with E-state index in [2.05, 4.69) is 10.1 Å². The summed E-state index contributed by atoms with van der Waals surface area (Å²) < 4.78 is 12.9. The van der Waals surface area contributed by atoms with Crippen molar-refractivity contribution in [2.75, 3.05) is 25.2 Å². The lowest BCUT2D eigenvalue weighted by Gasteiger charge is -2.20. The number of ether oxygens (including phenoxy) is 2. The summed E-state index contributed by atoms with van der Waals surface area (Å²) in [5.41, 5.74) is 1.53. The molecule has 0 N–H and O–H groups in total. The van der Waals surface area contributed by atoms with Gasteiger partial charge < -0.3 is 14.4 Å². The molecule has 1 aliphatic carbocycles. The number of benzene rings is 2. The van der Waals surface area contributed by atoms with Crippen molar-refractivity contribution in [2.24, 2.45) is 0 Å². The number of hydrogen-bond acceptors (Lipinski definition) is 5. The molecule has 5 rings (SSSR count). The third kappa shape index (κ3) is 2.98. The van der Waals surface area contributed by atoms with Crippen LogP contribution in [0, 0.1) is 0 Å².